The van der Waals surface area contributed by atoms with E-state index in [1.807, 2.05) is 0 Å². The smallest absolute Gasteiger partial charge is 0.256 e. The van der Waals surface area contributed by atoms with E-state index in [0.717, 1.165) is 5.69 Å². The van der Waals surface area contributed by atoms with Gasteiger partial charge < -0.3 is 15.5 Å². The highest BCUT2D eigenvalue weighted by Crippen LogP contribution is 2.19. The number of anilines is 2. The van der Waals surface area contributed by atoms with Crippen LogP contribution in [0.25, 0.3) is 0 Å². The van der Waals surface area contributed by atoms with Crippen molar-refractivity contribution in [2.45, 2.75) is 12.1 Å². The molecule has 0 fully saturated rings. The third-order valence-electron chi connectivity index (χ3n) is 2.20. The van der Waals surface area contributed by atoms with E-state index in [1.54, 1.807) is 6.92 Å². The number of nitrogens with two attached hydrogens (primary N) is 1. The quantitative estimate of drug-likeness (QED) is 0.664. The second kappa shape index (κ2) is 5.75. The standard InChI is InChI=1S/C12H12FN3O2S/c1-7-5-18-12(15-7)19-6-11(17)16-8-2-3-9(13)10(14)4-8/h2-5H,6,14H2,1H3,(H,16,17). The number of aromatic nitrogens is 1. The fourth-order valence-corrected chi connectivity index (χ4v) is 2.00. The molecule has 0 atom stereocenters. The van der Waals surface area contributed by atoms with Crippen molar-refractivity contribution >= 4 is 29.0 Å². The molecule has 100 valence electrons. The molecule has 0 saturated carbocycles. The molecule has 2 rings (SSSR count). The Morgan fingerprint density at radius 2 is 2.37 bits per heavy atom. The molecule has 2 aromatic rings. The van der Waals surface area contributed by atoms with Crippen LogP contribution in [-0.4, -0.2) is 16.6 Å². The number of halogens is 1. The summed E-state index contributed by atoms with van der Waals surface area (Å²) >= 11 is 1.18. The SMILES string of the molecule is Cc1coc(SCC(=O)Nc2ccc(F)c(N)c2)n1. The lowest BCUT2D eigenvalue weighted by Crippen LogP contribution is -2.14. The van der Waals surface area contributed by atoms with Gasteiger partial charge in [0, 0.05) is 5.69 Å². The van der Waals surface area contributed by atoms with E-state index in [4.69, 9.17) is 10.2 Å². The zero-order chi connectivity index (χ0) is 13.8. The van der Waals surface area contributed by atoms with Crippen LogP contribution in [0.2, 0.25) is 0 Å². The monoisotopic (exact) mass is 281 g/mol. The maximum absolute atomic E-state index is 12.9. The minimum atomic E-state index is -0.511. The van der Waals surface area contributed by atoms with Crippen molar-refractivity contribution in [3.63, 3.8) is 0 Å². The predicted octanol–water partition coefficient (Wildman–Crippen LogP) is 2.44. The molecule has 19 heavy (non-hydrogen) atoms. The van der Waals surface area contributed by atoms with Gasteiger partial charge in [-0.3, -0.25) is 4.79 Å². The Morgan fingerprint density at radius 1 is 1.58 bits per heavy atom. The van der Waals surface area contributed by atoms with E-state index in [0.29, 0.717) is 10.9 Å². The summed E-state index contributed by atoms with van der Waals surface area (Å²) in [6, 6.07) is 4.02. The van der Waals surface area contributed by atoms with Crippen LogP contribution >= 0.6 is 11.8 Å². The van der Waals surface area contributed by atoms with Gasteiger partial charge in [-0.15, -0.1) is 0 Å². The zero-order valence-electron chi connectivity index (χ0n) is 10.1. The van der Waals surface area contributed by atoms with Crippen LogP contribution in [0, 0.1) is 12.7 Å². The van der Waals surface area contributed by atoms with E-state index in [1.165, 1.54) is 36.2 Å². The maximum atomic E-state index is 12.9. The third-order valence-corrected chi connectivity index (χ3v) is 3.05. The number of nitrogens with zero attached hydrogens (tertiary/aromatic N) is 1. The second-order valence-electron chi connectivity index (χ2n) is 3.83. The number of hydrogen-bond acceptors (Lipinski definition) is 5. The highest BCUT2D eigenvalue weighted by molar-refractivity contribution is 7.99. The van der Waals surface area contributed by atoms with E-state index >= 15 is 0 Å². The lowest BCUT2D eigenvalue weighted by atomic mass is 10.2. The van der Waals surface area contributed by atoms with Crippen LogP contribution < -0.4 is 11.1 Å². The summed E-state index contributed by atoms with van der Waals surface area (Å²) in [7, 11) is 0. The summed E-state index contributed by atoms with van der Waals surface area (Å²) < 4.78 is 18.0. The Bertz CT molecular complexity index is 600. The van der Waals surface area contributed by atoms with Crippen LogP contribution in [0.3, 0.4) is 0 Å². The molecule has 0 spiro atoms. The molecular formula is C12H12FN3O2S. The summed E-state index contributed by atoms with van der Waals surface area (Å²) in [6.45, 7) is 1.80. The largest absolute Gasteiger partial charge is 0.440 e. The Hall–Kier alpha value is -2.02. The van der Waals surface area contributed by atoms with Crippen LogP contribution in [0.15, 0.2) is 34.1 Å². The molecular weight excluding hydrogens is 269 g/mol. The van der Waals surface area contributed by atoms with Crippen molar-refractivity contribution in [1.82, 2.24) is 4.98 Å². The van der Waals surface area contributed by atoms with Crippen molar-refractivity contribution in [2.24, 2.45) is 0 Å². The van der Waals surface area contributed by atoms with Crippen LogP contribution in [0.4, 0.5) is 15.8 Å². The molecule has 1 heterocycles. The number of benzene rings is 1. The van der Waals surface area contributed by atoms with Crippen LogP contribution in [0.5, 0.6) is 0 Å². The van der Waals surface area contributed by atoms with Gasteiger partial charge in [0.15, 0.2) is 0 Å². The lowest BCUT2D eigenvalue weighted by Gasteiger charge is -2.05. The molecule has 5 nitrogen and oxygen atoms in total. The molecule has 1 aromatic carbocycles. The fraction of sp³-hybridized carbons (Fsp3) is 0.167. The molecule has 0 radical (unpaired) electrons. The first-order valence-corrected chi connectivity index (χ1v) is 6.43. The van der Waals surface area contributed by atoms with Crippen molar-refractivity contribution in [3.05, 3.63) is 36.0 Å². The van der Waals surface area contributed by atoms with Crippen molar-refractivity contribution in [2.75, 3.05) is 16.8 Å². The Kier molecular flexibility index (Phi) is 4.06. The number of thioether (sulfide) groups is 1. The zero-order valence-corrected chi connectivity index (χ0v) is 11.0. The fourth-order valence-electron chi connectivity index (χ4n) is 1.34. The first-order chi connectivity index (χ1) is 9.04. The van der Waals surface area contributed by atoms with Crippen molar-refractivity contribution in [3.8, 4) is 0 Å². The Balaban J connectivity index is 1.88. The Morgan fingerprint density at radius 3 is 3.00 bits per heavy atom. The highest BCUT2D eigenvalue weighted by atomic mass is 32.2. The van der Waals surface area contributed by atoms with Gasteiger partial charge in [0.05, 0.1) is 17.1 Å². The van der Waals surface area contributed by atoms with E-state index < -0.39 is 5.82 Å². The molecule has 0 unspecified atom stereocenters. The average molecular weight is 281 g/mol. The number of nitrogens with one attached hydrogen (secondary N) is 1. The third kappa shape index (κ3) is 3.72. The van der Waals surface area contributed by atoms with Gasteiger partial charge in [-0.1, -0.05) is 11.8 Å². The normalized spacial score (nSPS) is 10.4. The van der Waals surface area contributed by atoms with E-state index in [2.05, 4.69) is 10.3 Å². The number of hydrogen-bond donors (Lipinski definition) is 2. The first-order valence-electron chi connectivity index (χ1n) is 5.44. The Labute approximate surface area is 113 Å². The number of nitrogen functional groups attached to an aromatic ring is 1. The van der Waals surface area contributed by atoms with E-state index in [9.17, 15) is 9.18 Å². The van der Waals surface area contributed by atoms with Gasteiger partial charge in [0.1, 0.15) is 12.1 Å². The number of amides is 1. The second-order valence-corrected chi connectivity index (χ2v) is 4.75. The van der Waals surface area contributed by atoms with Gasteiger partial charge in [0.2, 0.25) is 5.91 Å². The van der Waals surface area contributed by atoms with Gasteiger partial charge in [0.25, 0.3) is 5.22 Å². The topological polar surface area (TPSA) is 81.2 Å². The molecule has 0 saturated heterocycles. The molecule has 0 aliphatic rings. The van der Waals surface area contributed by atoms with Crippen LogP contribution in [0.1, 0.15) is 5.69 Å². The molecule has 1 amide bonds. The molecule has 1 aromatic heterocycles. The van der Waals surface area contributed by atoms with Crippen molar-refractivity contribution < 1.29 is 13.6 Å². The van der Waals surface area contributed by atoms with Crippen LogP contribution in [-0.2, 0) is 4.79 Å². The summed E-state index contributed by atoms with van der Waals surface area (Å²) in [5, 5.41) is 3.05. The average Bonchev–Trinajstić information content (AvgIpc) is 2.77. The summed E-state index contributed by atoms with van der Waals surface area (Å²) in [5.74, 6) is -0.605. The number of carbonyl (C=O) groups excluding carboxylic acids is 1. The van der Waals surface area contributed by atoms with Crippen molar-refractivity contribution in [1.29, 1.82) is 0 Å². The van der Waals surface area contributed by atoms with Gasteiger partial charge >= 0.3 is 0 Å². The minimum absolute atomic E-state index is 0.00576. The number of oxazole rings is 1. The molecule has 3 N–H and O–H groups in total. The summed E-state index contributed by atoms with van der Waals surface area (Å²) in [6.07, 6.45) is 1.51. The molecule has 0 bridgehead atoms. The minimum Gasteiger partial charge on any atom is -0.440 e. The maximum Gasteiger partial charge on any atom is 0.256 e. The molecule has 7 heteroatoms. The molecule has 0 aliphatic carbocycles. The number of carbonyl (C=O) groups is 1. The molecule has 0 aliphatic heterocycles. The van der Waals surface area contributed by atoms with E-state index in [-0.39, 0.29) is 17.3 Å². The first kappa shape index (κ1) is 13.4. The highest BCUT2D eigenvalue weighted by Gasteiger charge is 2.08. The van der Waals surface area contributed by atoms with Gasteiger partial charge in [-0.05, 0) is 25.1 Å². The van der Waals surface area contributed by atoms with Gasteiger partial charge in [-0.2, -0.15) is 0 Å². The lowest BCUT2D eigenvalue weighted by molar-refractivity contribution is -0.113. The summed E-state index contributed by atoms with van der Waals surface area (Å²) in [5.41, 5.74) is 6.61. The number of rotatable bonds is 4. The predicted molar refractivity (Wildman–Crippen MR) is 71.4 cm³/mol. The summed E-state index contributed by atoms with van der Waals surface area (Å²) in [4.78, 5) is 15.7. The van der Waals surface area contributed by atoms with Gasteiger partial charge in [-0.25, -0.2) is 9.37 Å². The number of aryl methyl sites for hydroxylation is 1.